The highest BCUT2D eigenvalue weighted by Gasteiger charge is 2.15. The lowest BCUT2D eigenvalue weighted by Crippen LogP contribution is -2.31. The molecule has 104 valence electrons. The second-order valence-electron chi connectivity index (χ2n) is 3.97. The Labute approximate surface area is 117 Å². The van der Waals surface area contributed by atoms with E-state index >= 15 is 0 Å². The van der Waals surface area contributed by atoms with E-state index in [1.54, 1.807) is 48.5 Å². The minimum atomic E-state index is -3.87. The standard InChI is InChI=1S/C14H13NO4S/c16-14(12-7-3-1-4-8-12)15-11-20(17,18)19-13-9-5-2-6-10-13/h1-10H,11H2,(H,15,16). The molecule has 0 aliphatic rings. The van der Waals surface area contributed by atoms with Crippen molar-refractivity contribution in [1.29, 1.82) is 0 Å². The number of nitrogens with one attached hydrogen (secondary N) is 1. The Hall–Kier alpha value is -2.34. The first kappa shape index (κ1) is 14.1. The van der Waals surface area contributed by atoms with Crippen molar-refractivity contribution in [3.05, 3.63) is 66.2 Å². The molecular formula is C14H13NO4S. The van der Waals surface area contributed by atoms with Crippen LogP contribution in [0.2, 0.25) is 0 Å². The molecule has 6 heteroatoms. The summed E-state index contributed by atoms with van der Waals surface area (Å²) in [6.45, 7) is 0. The molecule has 0 spiro atoms. The van der Waals surface area contributed by atoms with E-state index in [2.05, 4.69) is 5.32 Å². The van der Waals surface area contributed by atoms with Gasteiger partial charge in [-0.15, -0.1) is 0 Å². The van der Waals surface area contributed by atoms with Gasteiger partial charge in [-0.25, -0.2) is 0 Å². The van der Waals surface area contributed by atoms with E-state index in [-0.39, 0.29) is 5.75 Å². The average Bonchev–Trinajstić information content (AvgIpc) is 2.46. The molecule has 20 heavy (non-hydrogen) atoms. The first-order chi connectivity index (χ1) is 9.57. The highest BCUT2D eigenvalue weighted by atomic mass is 32.2. The van der Waals surface area contributed by atoms with Crippen LogP contribution >= 0.6 is 0 Å². The normalized spacial score (nSPS) is 10.8. The summed E-state index contributed by atoms with van der Waals surface area (Å²) in [6, 6.07) is 16.5. The molecular weight excluding hydrogens is 278 g/mol. The molecule has 0 saturated carbocycles. The molecule has 0 radical (unpaired) electrons. The molecule has 0 heterocycles. The number of hydrogen-bond acceptors (Lipinski definition) is 4. The van der Waals surface area contributed by atoms with Crippen molar-refractivity contribution in [3.63, 3.8) is 0 Å². The topological polar surface area (TPSA) is 72.5 Å². The molecule has 5 nitrogen and oxygen atoms in total. The number of hydrogen-bond donors (Lipinski definition) is 1. The summed E-state index contributed by atoms with van der Waals surface area (Å²) in [5.41, 5.74) is 0.391. The van der Waals surface area contributed by atoms with Gasteiger partial charge in [0.1, 0.15) is 5.75 Å². The van der Waals surface area contributed by atoms with Crippen LogP contribution in [-0.2, 0) is 10.1 Å². The first-order valence-electron chi connectivity index (χ1n) is 5.87. The number of para-hydroxylation sites is 1. The lowest BCUT2D eigenvalue weighted by atomic mass is 10.2. The molecule has 0 fully saturated rings. The first-order valence-corrected chi connectivity index (χ1v) is 7.45. The Morgan fingerprint density at radius 3 is 2.10 bits per heavy atom. The Morgan fingerprint density at radius 1 is 0.950 bits per heavy atom. The Morgan fingerprint density at radius 2 is 1.50 bits per heavy atom. The second-order valence-corrected chi connectivity index (χ2v) is 5.54. The third-order valence-corrected chi connectivity index (χ3v) is 3.36. The smallest absolute Gasteiger partial charge is 0.327 e. The van der Waals surface area contributed by atoms with Crippen LogP contribution in [0.3, 0.4) is 0 Å². The lowest BCUT2D eigenvalue weighted by Gasteiger charge is -2.08. The van der Waals surface area contributed by atoms with E-state index in [9.17, 15) is 13.2 Å². The molecule has 0 aliphatic heterocycles. The third-order valence-electron chi connectivity index (χ3n) is 2.41. The maximum atomic E-state index is 11.7. The summed E-state index contributed by atoms with van der Waals surface area (Å²) in [4.78, 5) is 11.7. The van der Waals surface area contributed by atoms with Crippen LogP contribution in [0.15, 0.2) is 60.7 Å². The van der Waals surface area contributed by atoms with Gasteiger partial charge >= 0.3 is 10.1 Å². The lowest BCUT2D eigenvalue weighted by molar-refractivity contribution is 0.0959. The summed E-state index contributed by atoms with van der Waals surface area (Å²) in [7, 11) is -3.87. The SMILES string of the molecule is O=C(NCS(=O)(=O)Oc1ccccc1)c1ccccc1. The quantitative estimate of drug-likeness (QED) is 0.852. The zero-order chi connectivity index (χ0) is 14.4. The minimum Gasteiger partial charge on any atom is -0.381 e. The monoisotopic (exact) mass is 291 g/mol. The summed E-state index contributed by atoms with van der Waals surface area (Å²) in [5, 5.41) is 2.31. The fourth-order valence-corrected chi connectivity index (χ4v) is 2.27. The summed E-state index contributed by atoms with van der Waals surface area (Å²) < 4.78 is 28.2. The van der Waals surface area contributed by atoms with Crippen LogP contribution < -0.4 is 9.50 Å². The predicted octanol–water partition coefficient (Wildman–Crippen LogP) is 1.78. The van der Waals surface area contributed by atoms with E-state index in [1.807, 2.05) is 0 Å². The Balaban J connectivity index is 1.95. The van der Waals surface area contributed by atoms with Gasteiger partial charge in [-0.2, -0.15) is 8.42 Å². The number of amides is 1. The molecule has 1 amide bonds. The molecule has 0 bridgehead atoms. The summed E-state index contributed by atoms with van der Waals surface area (Å²) in [5.74, 6) is -0.845. The van der Waals surface area contributed by atoms with Crippen LogP contribution in [0.1, 0.15) is 10.4 Å². The van der Waals surface area contributed by atoms with Crippen molar-refractivity contribution >= 4 is 16.0 Å². The number of carbonyl (C=O) groups is 1. The van der Waals surface area contributed by atoms with Crippen LogP contribution in [0.4, 0.5) is 0 Å². The third kappa shape index (κ3) is 4.10. The molecule has 2 aromatic rings. The Bertz CT molecular complexity index is 669. The fraction of sp³-hybridized carbons (Fsp3) is 0.0714. The zero-order valence-electron chi connectivity index (χ0n) is 10.5. The molecule has 1 N–H and O–H groups in total. The van der Waals surface area contributed by atoms with E-state index < -0.39 is 21.9 Å². The van der Waals surface area contributed by atoms with Gasteiger partial charge < -0.3 is 9.50 Å². The van der Waals surface area contributed by atoms with Crippen LogP contribution in [0.5, 0.6) is 5.75 Å². The van der Waals surface area contributed by atoms with E-state index in [0.29, 0.717) is 5.56 Å². The fourth-order valence-electron chi connectivity index (χ4n) is 1.50. The van der Waals surface area contributed by atoms with Crippen molar-refractivity contribution < 1.29 is 17.4 Å². The molecule has 0 unspecified atom stereocenters. The van der Waals surface area contributed by atoms with Crippen LogP contribution in [-0.4, -0.2) is 20.2 Å². The van der Waals surface area contributed by atoms with Crippen LogP contribution in [0.25, 0.3) is 0 Å². The van der Waals surface area contributed by atoms with Crippen LogP contribution in [0, 0.1) is 0 Å². The molecule has 0 atom stereocenters. The zero-order valence-corrected chi connectivity index (χ0v) is 11.3. The molecule has 0 saturated heterocycles. The Kier molecular flexibility index (Phi) is 4.37. The van der Waals surface area contributed by atoms with Gasteiger partial charge in [-0.1, -0.05) is 36.4 Å². The predicted molar refractivity (Wildman–Crippen MR) is 74.8 cm³/mol. The summed E-state index contributed by atoms with van der Waals surface area (Å²) in [6.07, 6.45) is 0. The van der Waals surface area contributed by atoms with Crippen molar-refractivity contribution in [3.8, 4) is 5.75 Å². The van der Waals surface area contributed by atoms with Gasteiger partial charge in [0.05, 0.1) is 0 Å². The highest BCUT2D eigenvalue weighted by molar-refractivity contribution is 7.87. The number of benzene rings is 2. The van der Waals surface area contributed by atoms with Crippen molar-refractivity contribution in [2.45, 2.75) is 0 Å². The van der Waals surface area contributed by atoms with E-state index in [1.165, 1.54) is 12.1 Å². The van der Waals surface area contributed by atoms with E-state index in [4.69, 9.17) is 4.18 Å². The van der Waals surface area contributed by atoms with Gasteiger partial charge in [0.15, 0.2) is 5.88 Å². The highest BCUT2D eigenvalue weighted by Crippen LogP contribution is 2.11. The maximum Gasteiger partial charge on any atom is 0.327 e. The largest absolute Gasteiger partial charge is 0.381 e. The van der Waals surface area contributed by atoms with Crippen molar-refractivity contribution in [2.24, 2.45) is 0 Å². The van der Waals surface area contributed by atoms with Gasteiger partial charge in [0, 0.05) is 5.56 Å². The van der Waals surface area contributed by atoms with Crippen molar-refractivity contribution in [1.82, 2.24) is 5.32 Å². The van der Waals surface area contributed by atoms with Gasteiger partial charge in [-0.3, -0.25) is 4.79 Å². The van der Waals surface area contributed by atoms with Gasteiger partial charge in [-0.05, 0) is 24.3 Å². The van der Waals surface area contributed by atoms with E-state index in [0.717, 1.165) is 0 Å². The molecule has 2 rings (SSSR count). The summed E-state index contributed by atoms with van der Waals surface area (Å²) >= 11 is 0. The van der Waals surface area contributed by atoms with Gasteiger partial charge in [0.25, 0.3) is 5.91 Å². The van der Waals surface area contributed by atoms with Crippen molar-refractivity contribution in [2.75, 3.05) is 5.88 Å². The maximum absolute atomic E-state index is 11.7. The second kappa shape index (κ2) is 6.21. The number of carbonyl (C=O) groups excluding carboxylic acids is 1. The number of rotatable bonds is 5. The molecule has 0 aliphatic carbocycles. The molecule has 2 aromatic carbocycles. The van der Waals surface area contributed by atoms with Gasteiger partial charge in [0.2, 0.25) is 0 Å². The average molecular weight is 291 g/mol. The minimum absolute atomic E-state index is 0.210. The molecule has 0 aromatic heterocycles.